The zero-order chi connectivity index (χ0) is 10.6. The van der Waals surface area contributed by atoms with E-state index >= 15 is 0 Å². The third-order valence-electron chi connectivity index (χ3n) is 4.04. The number of hydrogen-bond acceptors (Lipinski definition) is 1. The Balaban J connectivity index is 2.03. The average molecular weight is 220 g/mol. The highest BCUT2D eigenvalue weighted by Gasteiger charge is 2.35. The lowest BCUT2D eigenvalue weighted by molar-refractivity contribution is 0.516. The molecular formula is C14H20S. The largest absolute Gasteiger partial charge is 0.145 e. The molecule has 0 saturated heterocycles. The fourth-order valence-electron chi connectivity index (χ4n) is 3.12. The van der Waals surface area contributed by atoms with Gasteiger partial charge in [0.1, 0.15) is 0 Å². The molecular weight excluding hydrogens is 200 g/mol. The van der Waals surface area contributed by atoms with Crippen molar-refractivity contribution in [3.63, 3.8) is 0 Å². The van der Waals surface area contributed by atoms with Crippen molar-refractivity contribution < 1.29 is 0 Å². The summed E-state index contributed by atoms with van der Waals surface area (Å²) in [4.78, 5) is 3.32. The fourth-order valence-corrected chi connectivity index (χ4v) is 4.54. The van der Waals surface area contributed by atoms with Gasteiger partial charge in [0.25, 0.3) is 0 Å². The van der Waals surface area contributed by atoms with E-state index in [-0.39, 0.29) is 0 Å². The van der Waals surface area contributed by atoms with Gasteiger partial charge in [-0.1, -0.05) is 20.8 Å². The monoisotopic (exact) mass is 220 g/mol. The van der Waals surface area contributed by atoms with Crippen LogP contribution in [0.2, 0.25) is 0 Å². The highest BCUT2D eigenvalue weighted by molar-refractivity contribution is 7.12. The van der Waals surface area contributed by atoms with Crippen molar-refractivity contribution >= 4 is 11.3 Å². The standard InChI is InChI=1S/C14H20S/c1-14(2,3)13-8-11-10-5-4-9(6-10)7-12(11)15-13/h8-10H,4-7H2,1-3H3. The summed E-state index contributed by atoms with van der Waals surface area (Å²) in [5.74, 6) is 1.94. The predicted molar refractivity (Wildman–Crippen MR) is 66.8 cm³/mol. The molecule has 1 heteroatoms. The molecule has 2 atom stereocenters. The summed E-state index contributed by atoms with van der Waals surface area (Å²) in [7, 11) is 0. The number of fused-ring (bicyclic) bond motifs is 4. The van der Waals surface area contributed by atoms with Gasteiger partial charge in [-0.3, -0.25) is 0 Å². The predicted octanol–water partition coefficient (Wildman–Crippen LogP) is 4.49. The van der Waals surface area contributed by atoms with Crippen LogP contribution in [0.25, 0.3) is 0 Å². The molecule has 82 valence electrons. The minimum atomic E-state index is 0.348. The van der Waals surface area contributed by atoms with E-state index in [0.29, 0.717) is 5.41 Å². The van der Waals surface area contributed by atoms with Crippen molar-refractivity contribution in [2.24, 2.45) is 5.92 Å². The summed E-state index contributed by atoms with van der Waals surface area (Å²) in [6.07, 6.45) is 5.80. The Bertz CT molecular complexity index is 381. The summed E-state index contributed by atoms with van der Waals surface area (Å²) in [5.41, 5.74) is 2.07. The first-order valence-corrected chi connectivity index (χ1v) is 6.99. The zero-order valence-corrected chi connectivity index (χ0v) is 10.8. The zero-order valence-electron chi connectivity index (χ0n) is 9.97. The molecule has 1 aromatic heterocycles. The second kappa shape index (κ2) is 3.10. The topological polar surface area (TPSA) is 0 Å². The molecule has 0 amide bonds. The van der Waals surface area contributed by atoms with E-state index in [1.54, 1.807) is 15.3 Å². The van der Waals surface area contributed by atoms with Crippen molar-refractivity contribution in [2.45, 2.75) is 57.8 Å². The molecule has 0 aromatic carbocycles. The van der Waals surface area contributed by atoms with Crippen LogP contribution in [0.5, 0.6) is 0 Å². The van der Waals surface area contributed by atoms with Crippen molar-refractivity contribution in [3.05, 3.63) is 21.4 Å². The van der Waals surface area contributed by atoms with Crippen LogP contribution >= 0.6 is 11.3 Å². The molecule has 1 heterocycles. The molecule has 1 fully saturated rings. The van der Waals surface area contributed by atoms with E-state index in [1.807, 2.05) is 0 Å². The van der Waals surface area contributed by atoms with Gasteiger partial charge in [-0.05, 0) is 54.6 Å². The Morgan fingerprint density at radius 3 is 2.80 bits per heavy atom. The molecule has 15 heavy (non-hydrogen) atoms. The van der Waals surface area contributed by atoms with Crippen LogP contribution in [0.3, 0.4) is 0 Å². The van der Waals surface area contributed by atoms with Gasteiger partial charge in [-0.2, -0.15) is 0 Å². The van der Waals surface area contributed by atoms with Gasteiger partial charge in [-0.25, -0.2) is 0 Å². The second-order valence-corrected chi connectivity index (χ2v) is 7.46. The summed E-state index contributed by atoms with van der Waals surface area (Å²) >= 11 is 2.09. The number of rotatable bonds is 0. The summed E-state index contributed by atoms with van der Waals surface area (Å²) < 4.78 is 0. The van der Waals surface area contributed by atoms with Gasteiger partial charge in [-0.15, -0.1) is 11.3 Å². The van der Waals surface area contributed by atoms with Crippen LogP contribution in [0.4, 0.5) is 0 Å². The quantitative estimate of drug-likeness (QED) is 0.604. The van der Waals surface area contributed by atoms with Gasteiger partial charge < -0.3 is 0 Å². The Morgan fingerprint density at radius 1 is 1.27 bits per heavy atom. The van der Waals surface area contributed by atoms with Gasteiger partial charge >= 0.3 is 0 Å². The molecule has 2 unspecified atom stereocenters. The molecule has 3 rings (SSSR count). The molecule has 1 saturated carbocycles. The molecule has 0 radical (unpaired) electrons. The van der Waals surface area contributed by atoms with Gasteiger partial charge in [0.15, 0.2) is 0 Å². The molecule has 2 aliphatic carbocycles. The SMILES string of the molecule is CC(C)(C)c1cc2c(s1)CC1CCC2C1. The Morgan fingerprint density at radius 2 is 2.07 bits per heavy atom. The summed E-state index contributed by atoms with van der Waals surface area (Å²) in [6, 6.07) is 2.52. The smallest absolute Gasteiger partial charge is 0.0105 e. The van der Waals surface area contributed by atoms with Crippen LogP contribution in [0.15, 0.2) is 6.07 Å². The minimum Gasteiger partial charge on any atom is -0.145 e. The first-order chi connectivity index (χ1) is 7.04. The third-order valence-corrected chi connectivity index (χ3v) is 5.63. The Hall–Kier alpha value is -0.300. The molecule has 0 spiro atoms. The number of hydrogen-bond donors (Lipinski definition) is 0. The first kappa shape index (κ1) is 9.89. The van der Waals surface area contributed by atoms with Crippen LogP contribution in [-0.4, -0.2) is 0 Å². The maximum Gasteiger partial charge on any atom is 0.0105 e. The van der Waals surface area contributed by atoms with Gasteiger partial charge in [0.05, 0.1) is 0 Å². The van der Waals surface area contributed by atoms with Gasteiger partial charge in [0, 0.05) is 9.75 Å². The van der Waals surface area contributed by atoms with E-state index in [9.17, 15) is 0 Å². The molecule has 2 aliphatic rings. The normalized spacial score (nSPS) is 29.3. The van der Waals surface area contributed by atoms with E-state index in [1.165, 1.54) is 25.7 Å². The Kier molecular flexibility index (Phi) is 2.04. The molecule has 0 aliphatic heterocycles. The highest BCUT2D eigenvalue weighted by Crippen LogP contribution is 2.49. The van der Waals surface area contributed by atoms with Crippen LogP contribution < -0.4 is 0 Å². The van der Waals surface area contributed by atoms with E-state index in [4.69, 9.17) is 0 Å². The van der Waals surface area contributed by atoms with Crippen molar-refractivity contribution in [3.8, 4) is 0 Å². The lowest BCUT2D eigenvalue weighted by Gasteiger charge is -2.18. The highest BCUT2D eigenvalue weighted by atomic mass is 32.1. The van der Waals surface area contributed by atoms with Crippen molar-refractivity contribution in [1.82, 2.24) is 0 Å². The maximum atomic E-state index is 2.52. The fraction of sp³-hybridized carbons (Fsp3) is 0.714. The Labute approximate surface area is 96.7 Å². The summed E-state index contributed by atoms with van der Waals surface area (Å²) in [6.45, 7) is 7.01. The number of thiophene rings is 1. The molecule has 2 bridgehead atoms. The average Bonchev–Trinajstić information content (AvgIpc) is 2.70. The van der Waals surface area contributed by atoms with E-state index in [2.05, 4.69) is 38.2 Å². The van der Waals surface area contributed by atoms with Crippen molar-refractivity contribution in [1.29, 1.82) is 0 Å². The third kappa shape index (κ3) is 1.56. The van der Waals surface area contributed by atoms with E-state index < -0.39 is 0 Å². The lowest BCUT2D eigenvalue weighted by atomic mass is 9.86. The van der Waals surface area contributed by atoms with Crippen LogP contribution in [-0.2, 0) is 11.8 Å². The minimum absolute atomic E-state index is 0.348. The van der Waals surface area contributed by atoms with Crippen molar-refractivity contribution in [2.75, 3.05) is 0 Å². The first-order valence-electron chi connectivity index (χ1n) is 6.17. The molecule has 1 aromatic rings. The second-order valence-electron chi connectivity index (χ2n) is 6.32. The summed E-state index contributed by atoms with van der Waals surface area (Å²) in [5, 5.41) is 0. The maximum absolute atomic E-state index is 2.52. The van der Waals surface area contributed by atoms with Gasteiger partial charge in [0.2, 0.25) is 0 Å². The lowest BCUT2D eigenvalue weighted by Crippen LogP contribution is -2.08. The van der Waals surface area contributed by atoms with E-state index in [0.717, 1.165) is 11.8 Å². The molecule has 0 nitrogen and oxygen atoms in total. The van der Waals surface area contributed by atoms with Crippen LogP contribution in [0, 0.1) is 5.92 Å². The molecule has 0 N–H and O–H groups in total. The van der Waals surface area contributed by atoms with Crippen LogP contribution in [0.1, 0.15) is 61.3 Å².